The lowest BCUT2D eigenvalue weighted by Gasteiger charge is -2.12. The summed E-state index contributed by atoms with van der Waals surface area (Å²) in [6.07, 6.45) is 1.05. The second-order valence-corrected chi connectivity index (χ2v) is 6.32. The molecule has 90 valence electrons. The molecular weight excluding hydrogens is 318 g/mol. The van der Waals surface area contributed by atoms with Crippen molar-refractivity contribution < 1.29 is 0 Å². The highest BCUT2D eigenvalue weighted by atomic mass is 79.9. The van der Waals surface area contributed by atoms with Crippen LogP contribution in [0.2, 0.25) is 5.02 Å². The first-order valence-corrected chi connectivity index (χ1v) is 7.39. The molecule has 2 N–H and O–H groups in total. The maximum Gasteiger partial charge on any atom is 0.0661 e. The van der Waals surface area contributed by atoms with Crippen LogP contribution in [0.5, 0.6) is 0 Å². The standard InChI is InChI=1S/C13H13BrClNS/c1-2-9-4-6-12(17-9)13(16)10-7-8(14)3-5-11(10)15/h3-7,13H,2,16H2,1H3. The number of aryl methyl sites for hydroxylation is 1. The van der Waals surface area contributed by atoms with Crippen LogP contribution < -0.4 is 5.73 Å². The number of nitrogens with two attached hydrogens (primary N) is 1. The molecule has 0 aliphatic rings. The van der Waals surface area contributed by atoms with Gasteiger partial charge in [-0.25, -0.2) is 0 Å². The number of rotatable bonds is 3. The number of thiophene rings is 1. The molecule has 1 aromatic heterocycles. The van der Waals surface area contributed by atoms with Gasteiger partial charge in [-0.15, -0.1) is 11.3 Å². The minimum absolute atomic E-state index is 0.148. The van der Waals surface area contributed by atoms with Crippen molar-refractivity contribution in [3.63, 3.8) is 0 Å². The molecule has 0 aliphatic heterocycles. The molecule has 0 radical (unpaired) electrons. The Morgan fingerprint density at radius 3 is 2.76 bits per heavy atom. The largest absolute Gasteiger partial charge is 0.320 e. The third kappa shape index (κ3) is 2.91. The molecule has 0 fully saturated rings. The van der Waals surface area contributed by atoms with Crippen molar-refractivity contribution >= 4 is 38.9 Å². The summed E-state index contributed by atoms with van der Waals surface area (Å²) in [5.74, 6) is 0. The van der Waals surface area contributed by atoms with E-state index in [1.807, 2.05) is 18.2 Å². The number of hydrogen-bond acceptors (Lipinski definition) is 2. The second kappa shape index (κ2) is 5.53. The number of hydrogen-bond donors (Lipinski definition) is 1. The van der Waals surface area contributed by atoms with E-state index in [1.54, 1.807) is 11.3 Å². The molecule has 1 unspecified atom stereocenters. The molecule has 2 aromatic rings. The molecule has 1 aromatic carbocycles. The van der Waals surface area contributed by atoms with Crippen LogP contribution in [0.25, 0.3) is 0 Å². The van der Waals surface area contributed by atoms with Crippen molar-refractivity contribution in [1.29, 1.82) is 0 Å². The minimum Gasteiger partial charge on any atom is -0.320 e. The Kier molecular flexibility index (Phi) is 4.26. The Labute approximate surface area is 119 Å². The highest BCUT2D eigenvalue weighted by molar-refractivity contribution is 9.10. The van der Waals surface area contributed by atoms with Gasteiger partial charge in [0.1, 0.15) is 0 Å². The van der Waals surface area contributed by atoms with Gasteiger partial charge in [-0.1, -0.05) is 34.5 Å². The van der Waals surface area contributed by atoms with E-state index in [0.29, 0.717) is 5.02 Å². The van der Waals surface area contributed by atoms with Crippen LogP contribution in [0.15, 0.2) is 34.8 Å². The van der Waals surface area contributed by atoms with Crippen LogP contribution in [0.4, 0.5) is 0 Å². The van der Waals surface area contributed by atoms with E-state index in [0.717, 1.165) is 21.3 Å². The Hall–Kier alpha value is -0.350. The fourth-order valence-corrected chi connectivity index (χ4v) is 3.24. The molecule has 0 aliphatic carbocycles. The average molecular weight is 331 g/mol. The van der Waals surface area contributed by atoms with E-state index in [2.05, 4.69) is 35.0 Å². The van der Waals surface area contributed by atoms with E-state index < -0.39 is 0 Å². The van der Waals surface area contributed by atoms with E-state index in [-0.39, 0.29) is 6.04 Å². The minimum atomic E-state index is -0.148. The Bertz CT molecular complexity index is 524. The lowest BCUT2D eigenvalue weighted by atomic mass is 10.1. The van der Waals surface area contributed by atoms with Crippen molar-refractivity contribution in [2.75, 3.05) is 0 Å². The van der Waals surface area contributed by atoms with Gasteiger partial charge in [0.25, 0.3) is 0 Å². The third-order valence-electron chi connectivity index (χ3n) is 2.63. The summed E-state index contributed by atoms with van der Waals surface area (Å²) < 4.78 is 1.000. The molecule has 0 amide bonds. The van der Waals surface area contributed by atoms with Gasteiger partial charge in [0, 0.05) is 19.2 Å². The Morgan fingerprint density at radius 1 is 1.35 bits per heavy atom. The smallest absolute Gasteiger partial charge is 0.0661 e. The van der Waals surface area contributed by atoms with Gasteiger partial charge in [-0.2, -0.15) is 0 Å². The topological polar surface area (TPSA) is 26.0 Å². The van der Waals surface area contributed by atoms with Gasteiger partial charge >= 0.3 is 0 Å². The highest BCUT2D eigenvalue weighted by Gasteiger charge is 2.14. The highest BCUT2D eigenvalue weighted by Crippen LogP contribution is 2.32. The SMILES string of the molecule is CCc1ccc(C(N)c2cc(Br)ccc2Cl)s1. The maximum absolute atomic E-state index is 6.26. The molecular formula is C13H13BrClNS. The Balaban J connectivity index is 2.35. The average Bonchev–Trinajstić information content (AvgIpc) is 2.80. The number of halogens is 2. The summed E-state index contributed by atoms with van der Waals surface area (Å²) in [6.45, 7) is 2.15. The van der Waals surface area contributed by atoms with Crippen molar-refractivity contribution in [3.05, 3.63) is 55.1 Å². The zero-order valence-corrected chi connectivity index (χ0v) is 12.6. The van der Waals surface area contributed by atoms with E-state index in [4.69, 9.17) is 17.3 Å². The monoisotopic (exact) mass is 329 g/mol. The fraction of sp³-hybridized carbons (Fsp3) is 0.231. The molecule has 4 heteroatoms. The zero-order chi connectivity index (χ0) is 12.4. The molecule has 0 spiro atoms. The quantitative estimate of drug-likeness (QED) is 0.861. The molecule has 1 nitrogen and oxygen atoms in total. The number of benzene rings is 1. The lowest BCUT2D eigenvalue weighted by molar-refractivity contribution is 0.893. The van der Waals surface area contributed by atoms with Crippen molar-refractivity contribution in [1.82, 2.24) is 0 Å². The summed E-state index contributed by atoms with van der Waals surface area (Å²) in [5.41, 5.74) is 7.22. The van der Waals surface area contributed by atoms with Gasteiger partial charge in [0.15, 0.2) is 0 Å². The molecule has 1 atom stereocenters. The second-order valence-electron chi connectivity index (χ2n) is 3.80. The summed E-state index contributed by atoms with van der Waals surface area (Å²) >= 11 is 11.4. The van der Waals surface area contributed by atoms with E-state index in [1.165, 1.54) is 4.88 Å². The normalized spacial score (nSPS) is 12.7. The van der Waals surface area contributed by atoms with Gasteiger partial charge in [0.2, 0.25) is 0 Å². The molecule has 17 heavy (non-hydrogen) atoms. The van der Waals surface area contributed by atoms with Gasteiger partial charge in [-0.05, 0) is 42.3 Å². The first-order valence-electron chi connectivity index (χ1n) is 5.41. The summed E-state index contributed by atoms with van der Waals surface area (Å²) in [6, 6.07) is 9.85. The summed E-state index contributed by atoms with van der Waals surface area (Å²) in [4.78, 5) is 2.50. The molecule has 2 rings (SSSR count). The maximum atomic E-state index is 6.26. The predicted octanol–water partition coefficient (Wildman–Crippen LogP) is 4.77. The molecule has 0 saturated carbocycles. The first-order chi connectivity index (χ1) is 8.11. The van der Waals surface area contributed by atoms with Crippen LogP contribution in [-0.4, -0.2) is 0 Å². The fourth-order valence-electron chi connectivity index (χ4n) is 1.66. The lowest BCUT2D eigenvalue weighted by Crippen LogP contribution is -2.10. The molecule has 0 saturated heterocycles. The molecule has 1 heterocycles. The van der Waals surface area contributed by atoms with Crippen LogP contribution in [0.3, 0.4) is 0 Å². The summed E-state index contributed by atoms with van der Waals surface area (Å²) in [5, 5.41) is 0.715. The Morgan fingerprint density at radius 2 is 2.12 bits per heavy atom. The van der Waals surface area contributed by atoms with E-state index in [9.17, 15) is 0 Å². The van der Waals surface area contributed by atoms with Gasteiger partial charge in [-0.3, -0.25) is 0 Å². The van der Waals surface area contributed by atoms with Crippen LogP contribution >= 0.6 is 38.9 Å². The predicted molar refractivity (Wildman–Crippen MR) is 78.9 cm³/mol. The van der Waals surface area contributed by atoms with Crippen LogP contribution in [0, 0.1) is 0 Å². The van der Waals surface area contributed by atoms with Crippen molar-refractivity contribution in [2.45, 2.75) is 19.4 Å². The van der Waals surface area contributed by atoms with Gasteiger partial charge < -0.3 is 5.73 Å². The van der Waals surface area contributed by atoms with Crippen molar-refractivity contribution in [3.8, 4) is 0 Å². The molecule has 0 bridgehead atoms. The zero-order valence-electron chi connectivity index (χ0n) is 9.41. The van der Waals surface area contributed by atoms with Gasteiger partial charge in [0.05, 0.1) is 6.04 Å². The third-order valence-corrected chi connectivity index (χ3v) is 4.78. The van der Waals surface area contributed by atoms with E-state index >= 15 is 0 Å². The van der Waals surface area contributed by atoms with Crippen LogP contribution in [0.1, 0.15) is 28.3 Å². The first kappa shape index (κ1) is 13.1. The van der Waals surface area contributed by atoms with Crippen molar-refractivity contribution in [2.24, 2.45) is 5.73 Å². The summed E-state index contributed by atoms with van der Waals surface area (Å²) in [7, 11) is 0. The van der Waals surface area contributed by atoms with Crippen LogP contribution in [-0.2, 0) is 6.42 Å².